The van der Waals surface area contributed by atoms with Crippen LogP contribution in [0.25, 0.3) is 11.9 Å². The van der Waals surface area contributed by atoms with Crippen LogP contribution in [0, 0.1) is 13.8 Å². The lowest BCUT2D eigenvalue weighted by molar-refractivity contribution is -0.124. The van der Waals surface area contributed by atoms with Gasteiger partial charge >= 0.3 is 0 Å². The van der Waals surface area contributed by atoms with Crippen LogP contribution in [0.4, 0.5) is 4.79 Å². The van der Waals surface area contributed by atoms with Gasteiger partial charge < -0.3 is 4.57 Å². The van der Waals surface area contributed by atoms with Gasteiger partial charge in [0.1, 0.15) is 5.82 Å². The minimum Gasteiger partial charge on any atom is -0.303 e. The summed E-state index contributed by atoms with van der Waals surface area (Å²) < 4.78 is 2.05. The molecule has 0 radical (unpaired) electrons. The number of hydrogen-bond donors (Lipinski definition) is 0. The Morgan fingerprint density at radius 2 is 2.04 bits per heavy atom. The van der Waals surface area contributed by atoms with Crippen molar-refractivity contribution in [3.8, 4) is 5.82 Å². The molecule has 1 aliphatic rings. The van der Waals surface area contributed by atoms with Gasteiger partial charge in [-0.3, -0.25) is 14.5 Å². The molecular weight excluding hydrogens is 334 g/mol. The number of imide groups is 1. The van der Waals surface area contributed by atoms with Crippen LogP contribution in [-0.2, 0) is 4.79 Å². The summed E-state index contributed by atoms with van der Waals surface area (Å²) in [5.41, 5.74) is 2.95. The van der Waals surface area contributed by atoms with Crippen molar-refractivity contribution >= 4 is 29.0 Å². The highest BCUT2D eigenvalue weighted by molar-refractivity contribution is 8.18. The van der Waals surface area contributed by atoms with Gasteiger partial charge in [0.05, 0.1) is 4.91 Å². The maximum atomic E-state index is 12.6. The van der Waals surface area contributed by atoms with E-state index in [0.717, 1.165) is 41.0 Å². The van der Waals surface area contributed by atoms with E-state index < -0.39 is 0 Å². The first-order chi connectivity index (χ1) is 11.9. The molecule has 1 aliphatic heterocycles. The Hall–Kier alpha value is -2.34. The highest BCUT2D eigenvalue weighted by Gasteiger charge is 2.37. The highest BCUT2D eigenvalue weighted by atomic mass is 32.2. The summed E-state index contributed by atoms with van der Waals surface area (Å²) >= 11 is 1.01. The lowest BCUT2D eigenvalue weighted by Crippen LogP contribution is -2.36. The van der Waals surface area contributed by atoms with E-state index in [1.54, 1.807) is 6.20 Å². The Bertz CT molecular complexity index is 855. The molecule has 5 nitrogen and oxygen atoms in total. The average Bonchev–Trinajstić information content (AvgIpc) is 3.03. The normalized spacial score (nSPS) is 17.6. The molecule has 0 spiro atoms. The van der Waals surface area contributed by atoms with Crippen LogP contribution < -0.4 is 0 Å². The number of nitrogens with zero attached hydrogens (tertiary/aromatic N) is 3. The number of carbonyl (C=O) groups is 2. The Kier molecular flexibility index (Phi) is 4.81. The van der Waals surface area contributed by atoms with Gasteiger partial charge in [0.25, 0.3) is 11.1 Å². The van der Waals surface area contributed by atoms with E-state index >= 15 is 0 Å². The minimum atomic E-state index is -0.202. The van der Waals surface area contributed by atoms with E-state index in [-0.39, 0.29) is 17.2 Å². The molecule has 0 aromatic carbocycles. The molecule has 0 N–H and O–H groups in total. The van der Waals surface area contributed by atoms with Gasteiger partial charge in [-0.05, 0) is 68.8 Å². The Morgan fingerprint density at radius 1 is 1.28 bits per heavy atom. The predicted molar refractivity (Wildman–Crippen MR) is 101 cm³/mol. The van der Waals surface area contributed by atoms with Crippen LogP contribution in [0.5, 0.6) is 0 Å². The molecular formula is C19H21N3O2S. The van der Waals surface area contributed by atoms with E-state index in [9.17, 15) is 9.59 Å². The number of amides is 2. The van der Waals surface area contributed by atoms with Crippen LogP contribution in [0.3, 0.4) is 0 Å². The quantitative estimate of drug-likeness (QED) is 0.766. The number of hydrogen-bond acceptors (Lipinski definition) is 4. The van der Waals surface area contributed by atoms with Crippen molar-refractivity contribution in [1.29, 1.82) is 0 Å². The van der Waals surface area contributed by atoms with E-state index in [1.807, 2.05) is 62.6 Å². The van der Waals surface area contributed by atoms with Crippen LogP contribution >= 0.6 is 11.8 Å². The van der Waals surface area contributed by atoms with Gasteiger partial charge in [0.15, 0.2) is 0 Å². The Balaban J connectivity index is 1.98. The number of aryl methyl sites for hydroxylation is 1. The van der Waals surface area contributed by atoms with Crippen LogP contribution in [-0.4, -0.2) is 31.6 Å². The summed E-state index contributed by atoms with van der Waals surface area (Å²) in [5.74, 6) is 0.636. The summed E-state index contributed by atoms with van der Waals surface area (Å²) in [4.78, 5) is 31.0. The molecule has 1 saturated heterocycles. The zero-order chi connectivity index (χ0) is 18.1. The van der Waals surface area contributed by atoms with Crippen molar-refractivity contribution in [2.24, 2.45) is 0 Å². The monoisotopic (exact) mass is 355 g/mol. The fourth-order valence-corrected chi connectivity index (χ4v) is 3.88. The van der Waals surface area contributed by atoms with Crippen LogP contribution in [0.2, 0.25) is 0 Å². The lowest BCUT2D eigenvalue weighted by atomic mass is 10.2. The van der Waals surface area contributed by atoms with Gasteiger partial charge in [-0.15, -0.1) is 0 Å². The fourth-order valence-electron chi connectivity index (χ4n) is 2.96. The van der Waals surface area contributed by atoms with Crippen LogP contribution in [0.1, 0.15) is 37.2 Å². The van der Waals surface area contributed by atoms with Crippen molar-refractivity contribution < 1.29 is 9.59 Å². The number of pyridine rings is 1. The van der Waals surface area contributed by atoms with Crippen molar-refractivity contribution in [2.45, 2.75) is 40.2 Å². The molecule has 0 aliphatic carbocycles. The topological polar surface area (TPSA) is 55.2 Å². The summed E-state index contributed by atoms with van der Waals surface area (Å²) in [6.07, 6.45) is 4.32. The molecule has 0 unspecified atom stereocenters. The lowest BCUT2D eigenvalue weighted by Gasteiger charge is -2.19. The number of rotatable bonds is 4. The van der Waals surface area contributed by atoms with E-state index in [4.69, 9.17) is 0 Å². The molecule has 6 heteroatoms. The van der Waals surface area contributed by atoms with Gasteiger partial charge in [0, 0.05) is 23.6 Å². The third kappa shape index (κ3) is 3.14. The molecule has 3 rings (SSSR count). The van der Waals surface area contributed by atoms with Crippen molar-refractivity contribution in [3.05, 3.63) is 52.3 Å². The average molecular weight is 355 g/mol. The number of aromatic nitrogens is 2. The molecule has 2 amide bonds. The van der Waals surface area contributed by atoms with Crippen molar-refractivity contribution in [3.63, 3.8) is 0 Å². The second kappa shape index (κ2) is 6.88. The first-order valence-corrected chi connectivity index (χ1v) is 9.13. The predicted octanol–water partition coefficient (Wildman–Crippen LogP) is 4.32. The summed E-state index contributed by atoms with van der Waals surface area (Å²) in [6.45, 7) is 7.86. The minimum absolute atomic E-state index is 0.0839. The smallest absolute Gasteiger partial charge is 0.293 e. The fraction of sp³-hybridized carbons (Fsp3) is 0.316. The Labute approximate surface area is 151 Å². The van der Waals surface area contributed by atoms with Crippen LogP contribution in [0.15, 0.2) is 35.4 Å². The second-order valence-corrected chi connectivity index (χ2v) is 7.15. The molecule has 1 fully saturated rings. The SMILES string of the molecule is CC[C@H](C)N1C(=O)S/C(=C/c2cc(C)n(-c3ccccn3)c2C)C1=O. The molecule has 2 aromatic heterocycles. The summed E-state index contributed by atoms with van der Waals surface area (Å²) in [5, 5.41) is -0.191. The first-order valence-electron chi connectivity index (χ1n) is 8.31. The Morgan fingerprint density at radius 3 is 2.68 bits per heavy atom. The second-order valence-electron chi connectivity index (χ2n) is 6.16. The van der Waals surface area contributed by atoms with Crippen molar-refractivity contribution in [1.82, 2.24) is 14.5 Å². The van der Waals surface area contributed by atoms with Gasteiger partial charge in [-0.25, -0.2) is 4.98 Å². The zero-order valence-corrected chi connectivity index (χ0v) is 15.6. The third-order valence-corrected chi connectivity index (χ3v) is 5.37. The maximum Gasteiger partial charge on any atom is 0.293 e. The van der Waals surface area contributed by atoms with Crippen molar-refractivity contribution in [2.75, 3.05) is 0 Å². The highest BCUT2D eigenvalue weighted by Crippen LogP contribution is 2.35. The van der Waals surface area contributed by atoms with Gasteiger partial charge in [-0.2, -0.15) is 0 Å². The molecule has 0 saturated carbocycles. The van der Waals surface area contributed by atoms with E-state index in [2.05, 4.69) is 4.98 Å². The number of thioether (sulfide) groups is 1. The van der Waals surface area contributed by atoms with E-state index in [0.29, 0.717) is 4.91 Å². The molecule has 2 aromatic rings. The summed E-state index contributed by atoms with van der Waals surface area (Å²) in [7, 11) is 0. The van der Waals surface area contributed by atoms with Gasteiger partial charge in [-0.1, -0.05) is 13.0 Å². The molecule has 1 atom stereocenters. The molecule has 25 heavy (non-hydrogen) atoms. The van der Waals surface area contributed by atoms with E-state index in [1.165, 1.54) is 4.90 Å². The molecule has 0 bridgehead atoms. The number of carbonyl (C=O) groups excluding carboxylic acids is 2. The zero-order valence-electron chi connectivity index (χ0n) is 14.8. The van der Waals surface area contributed by atoms with Gasteiger partial charge in [0.2, 0.25) is 0 Å². The third-order valence-electron chi connectivity index (χ3n) is 4.49. The molecule has 3 heterocycles. The largest absolute Gasteiger partial charge is 0.303 e. The molecule has 130 valence electrons. The maximum absolute atomic E-state index is 12.6. The first kappa shape index (κ1) is 17.5. The standard InChI is InChI=1S/C19H21N3O2S/c1-5-12(2)22-18(23)16(25-19(22)24)11-15-10-13(3)21(14(15)4)17-8-6-7-9-20-17/h6-12H,5H2,1-4H3/b16-11+/t12-/m0/s1. The summed E-state index contributed by atoms with van der Waals surface area (Å²) in [6, 6.07) is 7.70.